The predicted octanol–water partition coefficient (Wildman–Crippen LogP) is 5.28. The molecular formula is C32H50N2O3. The number of rotatable bonds is 4. The molecule has 2 aliphatic heterocycles. The Balaban J connectivity index is 1.06. The van der Waals surface area contributed by atoms with Gasteiger partial charge in [-0.3, -0.25) is 9.59 Å². The van der Waals surface area contributed by atoms with Gasteiger partial charge in [0.15, 0.2) is 0 Å². The first-order valence-electron chi connectivity index (χ1n) is 15.5. The van der Waals surface area contributed by atoms with E-state index >= 15 is 0 Å². The lowest BCUT2D eigenvalue weighted by Crippen LogP contribution is -2.50. The number of carbonyl (C=O) groups excluding carboxylic acids is 2. The van der Waals surface area contributed by atoms with E-state index in [1.807, 2.05) is 4.90 Å². The third kappa shape index (κ3) is 4.21. The molecule has 0 spiro atoms. The average Bonchev–Trinajstić information content (AvgIpc) is 3.54. The molecule has 6 rings (SSSR count). The molecule has 0 aromatic carbocycles. The number of fused-ring (bicyclic) bond motifs is 6. The minimum atomic E-state index is -0.125. The number of hydrogen-bond donors (Lipinski definition) is 1. The Morgan fingerprint density at radius 3 is 2.41 bits per heavy atom. The summed E-state index contributed by atoms with van der Waals surface area (Å²) in [5.74, 6) is 5.23. The van der Waals surface area contributed by atoms with Crippen LogP contribution in [0.3, 0.4) is 0 Å². The highest BCUT2D eigenvalue weighted by atomic mass is 16.3. The number of aliphatic hydroxyl groups is 1. The van der Waals surface area contributed by atoms with Crippen LogP contribution in [0, 0.1) is 52.3 Å². The Hall–Kier alpha value is -1.36. The normalized spacial score (nSPS) is 45.5. The second kappa shape index (κ2) is 9.38. The van der Waals surface area contributed by atoms with Gasteiger partial charge in [0.25, 0.3) is 0 Å². The predicted molar refractivity (Wildman–Crippen MR) is 145 cm³/mol. The fourth-order valence-corrected chi connectivity index (χ4v) is 10.8. The fraction of sp³-hybridized carbons (Fsp3) is 0.875. The molecule has 0 bridgehead atoms. The Kier molecular flexibility index (Phi) is 6.57. The standard InChI is InChI=1S/C32H50N2O3/c1-20(5-10-30(37)34-18-22-16-33(21(2)35)17-23(22)19-34)27-8-9-28-26-7-6-24-15-25(36)11-13-31(24,3)29(26)12-14-32(27,28)4/h6,20,22-23,25-29,36H,5,7-19H2,1-4H3/t20-,22-,23+,25+,26+,27-,28+,29+,31+,32-/m1/s1. The van der Waals surface area contributed by atoms with Gasteiger partial charge in [0.2, 0.25) is 11.8 Å². The van der Waals surface area contributed by atoms with Crippen molar-refractivity contribution in [2.75, 3.05) is 26.2 Å². The van der Waals surface area contributed by atoms with Crippen molar-refractivity contribution in [3.05, 3.63) is 11.6 Å². The topological polar surface area (TPSA) is 60.9 Å². The molecule has 37 heavy (non-hydrogen) atoms. The zero-order valence-electron chi connectivity index (χ0n) is 23.8. The van der Waals surface area contributed by atoms with Gasteiger partial charge in [0.05, 0.1) is 6.10 Å². The molecule has 2 saturated heterocycles. The minimum Gasteiger partial charge on any atom is -0.393 e. The summed E-state index contributed by atoms with van der Waals surface area (Å²) in [6.45, 7) is 12.6. The second-order valence-corrected chi connectivity index (χ2v) is 14.6. The number of amides is 2. The summed E-state index contributed by atoms with van der Waals surface area (Å²) in [7, 11) is 0. The molecule has 5 heteroatoms. The van der Waals surface area contributed by atoms with Crippen LogP contribution in [-0.4, -0.2) is 59.0 Å². The van der Waals surface area contributed by atoms with Gasteiger partial charge in [-0.1, -0.05) is 32.4 Å². The lowest BCUT2D eigenvalue weighted by Gasteiger charge is -2.58. The fourth-order valence-electron chi connectivity index (χ4n) is 10.8. The molecular weight excluding hydrogens is 460 g/mol. The summed E-state index contributed by atoms with van der Waals surface area (Å²) in [4.78, 5) is 29.0. The number of hydrogen-bond acceptors (Lipinski definition) is 3. The Morgan fingerprint density at radius 1 is 1.00 bits per heavy atom. The van der Waals surface area contributed by atoms with Crippen LogP contribution >= 0.6 is 0 Å². The van der Waals surface area contributed by atoms with Crippen molar-refractivity contribution in [2.24, 2.45) is 52.3 Å². The lowest BCUT2D eigenvalue weighted by atomic mass is 9.47. The smallest absolute Gasteiger partial charge is 0.222 e. The van der Waals surface area contributed by atoms with E-state index in [0.29, 0.717) is 40.9 Å². The molecule has 1 N–H and O–H groups in total. The van der Waals surface area contributed by atoms with Crippen molar-refractivity contribution >= 4 is 11.8 Å². The van der Waals surface area contributed by atoms with E-state index < -0.39 is 0 Å². The number of nitrogens with zero attached hydrogens (tertiary/aromatic N) is 2. The quantitative estimate of drug-likeness (QED) is 0.524. The molecule has 0 unspecified atom stereocenters. The third-order valence-corrected chi connectivity index (χ3v) is 12.9. The first-order chi connectivity index (χ1) is 17.6. The number of carbonyl (C=O) groups is 2. The molecule has 6 aliphatic rings. The monoisotopic (exact) mass is 510 g/mol. The maximum atomic E-state index is 13.2. The summed E-state index contributed by atoms with van der Waals surface area (Å²) < 4.78 is 0. The Labute approximate surface area is 224 Å². The average molecular weight is 511 g/mol. The molecule has 0 aromatic heterocycles. The van der Waals surface area contributed by atoms with E-state index in [2.05, 4.69) is 31.7 Å². The summed E-state index contributed by atoms with van der Waals surface area (Å²) in [5, 5.41) is 10.3. The second-order valence-electron chi connectivity index (χ2n) is 14.6. The SMILES string of the molecule is CC(=O)N1C[C@@H]2CN(C(=O)CC[C@@H](C)[C@H]3CC[C@H]4[C@@H]5CC=C6C[C@@H](O)CC[C@]6(C)[C@H]5CC[C@]34C)C[C@@H]2C1. The van der Waals surface area contributed by atoms with Crippen LogP contribution in [0.1, 0.15) is 91.9 Å². The van der Waals surface area contributed by atoms with Gasteiger partial charge in [-0.2, -0.15) is 0 Å². The van der Waals surface area contributed by atoms with Crippen LogP contribution in [0.5, 0.6) is 0 Å². The van der Waals surface area contributed by atoms with Crippen molar-refractivity contribution < 1.29 is 14.7 Å². The summed E-state index contributed by atoms with van der Waals surface area (Å²) in [5.41, 5.74) is 2.30. The van der Waals surface area contributed by atoms with Gasteiger partial charge in [-0.15, -0.1) is 0 Å². The summed E-state index contributed by atoms with van der Waals surface area (Å²) in [6, 6.07) is 0. The van der Waals surface area contributed by atoms with E-state index in [1.54, 1.807) is 12.5 Å². The molecule has 4 aliphatic carbocycles. The highest BCUT2D eigenvalue weighted by Crippen LogP contribution is 2.67. The van der Waals surface area contributed by atoms with Crippen LogP contribution in [0.15, 0.2) is 11.6 Å². The molecule has 10 atom stereocenters. The minimum absolute atomic E-state index is 0.125. The van der Waals surface area contributed by atoms with Crippen LogP contribution in [0.4, 0.5) is 0 Å². The molecule has 2 heterocycles. The van der Waals surface area contributed by atoms with E-state index in [9.17, 15) is 14.7 Å². The van der Waals surface area contributed by atoms with Gasteiger partial charge in [0, 0.05) is 51.4 Å². The summed E-state index contributed by atoms with van der Waals surface area (Å²) in [6.07, 6.45) is 13.8. The molecule has 0 radical (unpaired) electrons. The molecule has 206 valence electrons. The number of aliphatic hydroxyl groups excluding tert-OH is 1. The first kappa shape index (κ1) is 25.9. The van der Waals surface area contributed by atoms with Gasteiger partial charge < -0.3 is 14.9 Å². The van der Waals surface area contributed by atoms with Gasteiger partial charge in [0.1, 0.15) is 0 Å². The van der Waals surface area contributed by atoms with Gasteiger partial charge in [-0.25, -0.2) is 0 Å². The largest absolute Gasteiger partial charge is 0.393 e. The van der Waals surface area contributed by atoms with Crippen LogP contribution in [-0.2, 0) is 9.59 Å². The molecule has 5 nitrogen and oxygen atoms in total. The van der Waals surface area contributed by atoms with Crippen LogP contribution in [0.2, 0.25) is 0 Å². The van der Waals surface area contributed by atoms with E-state index in [4.69, 9.17) is 0 Å². The number of allylic oxidation sites excluding steroid dienone is 1. The van der Waals surface area contributed by atoms with Gasteiger partial charge >= 0.3 is 0 Å². The third-order valence-electron chi connectivity index (χ3n) is 12.9. The molecule has 2 amide bonds. The van der Waals surface area contributed by atoms with E-state index in [1.165, 1.54) is 32.1 Å². The molecule has 3 saturated carbocycles. The highest BCUT2D eigenvalue weighted by molar-refractivity contribution is 5.77. The Bertz CT molecular complexity index is 948. The maximum absolute atomic E-state index is 13.2. The van der Waals surface area contributed by atoms with Crippen molar-refractivity contribution in [1.29, 1.82) is 0 Å². The van der Waals surface area contributed by atoms with Gasteiger partial charge in [-0.05, 0) is 98.2 Å². The zero-order valence-corrected chi connectivity index (χ0v) is 23.8. The maximum Gasteiger partial charge on any atom is 0.222 e. The van der Waals surface area contributed by atoms with Crippen LogP contribution < -0.4 is 0 Å². The zero-order chi connectivity index (χ0) is 26.1. The van der Waals surface area contributed by atoms with E-state index in [0.717, 1.165) is 75.5 Å². The van der Waals surface area contributed by atoms with Crippen molar-refractivity contribution in [2.45, 2.75) is 98.0 Å². The van der Waals surface area contributed by atoms with E-state index in [-0.39, 0.29) is 12.0 Å². The lowest BCUT2D eigenvalue weighted by molar-refractivity contribution is -0.131. The van der Waals surface area contributed by atoms with Crippen molar-refractivity contribution in [1.82, 2.24) is 9.80 Å². The molecule has 0 aromatic rings. The first-order valence-corrected chi connectivity index (χ1v) is 15.5. The van der Waals surface area contributed by atoms with Crippen molar-refractivity contribution in [3.63, 3.8) is 0 Å². The Morgan fingerprint density at radius 2 is 1.70 bits per heavy atom. The highest BCUT2D eigenvalue weighted by Gasteiger charge is 2.59. The molecule has 5 fully saturated rings. The summed E-state index contributed by atoms with van der Waals surface area (Å²) >= 11 is 0. The van der Waals surface area contributed by atoms with Crippen LogP contribution in [0.25, 0.3) is 0 Å². The number of likely N-dealkylation sites (tertiary alicyclic amines) is 2. The van der Waals surface area contributed by atoms with Crippen molar-refractivity contribution in [3.8, 4) is 0 Å².